The number of furan rings is 1. The minimum Gasteiger partial charge on any atom is -0.461 e. The Morgan fingerprint density at radius 1 is 1.47 bits per heavy atom. The summed E-state index contributed by atoms with van der Waals surface area (Å²) < 4.78 is 5.48. The maximum atomic E-state index is 5.48. The SMILES string of the molecule is CCNC1CCCc2nc(-c3occc3C)ncc21. The lowest BCUT2D eigenvalue weighted by Gasteiger charge is -2.25. The average molecular weight is 257 g/mol. The summed E-state index contributed by atoms with van der Waals surface area (Å²) in [5, 5.41) is 3.50. The summed E-state index contributed by atoms with van der Waals surface area (Å²) in [7, 11) is 0. The number of aryl methyl sites for hydroxylation is 2. The molecule has 0 bridgehead atoms. The fourth-order valence-corrected chi connectivity index (χ4v) is 2.72. The van der Waals surface area contributed by atoms with Crippen LogP contribution in [-0.4, -0.2) is 16.5 Å². The Bertz CT molecular complexity index is 577. The summed E-state index contributed by atoms with van der Waals surface area (Å²) in [4.78, 5) is 9.19. The predicted molar refractivity (Wildman–Crippen MR) is 73.8 cm³/mol. The summed E-state index contributed by atoms with van der Waals surface area (Å²) in [5.74, 6) is 1.49. The van der Waals surface area contributed by atoms with Crippen LogP contribution in [-0.2, 0) is 6.42 Å². The van der Waals surface area contributed by atoms with E-state index in [1.807, 2.05) is 19.2 Å². The summed E-state index contributed by atoms with van der Waals surface area (Å²) in [5.41, 5.74) is 3.50. The zero-order valence-electron chi connectivity index (χ0n) is 11.4. The molecule has 0 spiro atoms. The lowest BCUT2D eigenvalue weighted by Crippen LogP contribution is -2.25. The molecule has 1 unspecified atom stereocenters. The normalized spacial score (nSPS) is 18.3. The van der Waals surface area contributed by atoms with Crippen LogP contribution < -0.4 is 5.32 Å². The van der Waals surface area contributed by atoms with Crippen molar-refractivity contribution >= 4 is 0 Å². The van der Waals surface area contributed by atoms with Gasteiger partial charge in [-0.2, -0.15) is 0 Å². The van der Waals surface area contributed by atoms with Crippen molar-refractivity contribution in [1.29, 1.82) is 0 Å². The van der Waals surface area contributed by atoms with E-state index in [4.69, 9.17) is 9.40 Å². The Balaban J connectivity index is 1.98. The standard InChI is InChI=1S/C15H19N3O/c1-3-16-12-5-4-6-13-11(12)9-17-15(18-13)14-10(2)7-8-19-14/h7-9,12,16H,3-6H2,1-2H3. The van der Waals surface area contributed by atoms with E-state index >= 15 is 0 Å². The lowest BCUT2D eigenvalue weighted by atomic mass is 9.92. The number of hydrogen-bond acceptors (Lipinski definition) is 4. The monoisotopic (exact) mass is 257 g/mol. The Morgan fingerprint density at radius 3 is 3.11 bits per heavy atom. The summed E-state index contributed by atoms with van der Waals surface area (Å²) in [6.07, 6.45) is 7.04. The van der Waals surface area contributed by atoms with Crippen LogP contribution in [0.25, 0.3) is 11.6 Å². The van der Waals surface area contributed by atoms with Crippen LogP contribution in [0.1, 0.15) is 42.6 Å². The maximum absolute atomic E-state index is 5.48. The molecule has 1 atom stereocenters. The minimum absolute atomic E-state index is 0.403. The van der Waals surface area contributed by atoms with E-state index in [1.165, 1.54) is 18.4 Å². The highest BCUT2D eigenvalue weighted by Crippen LogP contribution is 2.30. The molecule has 2 heterocycles. The maximum Gasteiger partial charge on any atom is 0.196 e. The Hall–Kier alpha value is -1.68. The van der Waals surface area contributed by atoms with Gasteiger partial charge in [0.2, 0.25) is 0 Å². The summed E-state index contributed by atoms with van der Waals surface area (Å²) in [6.45, 7) is 5.13. The third-order valence-corrected chi connectivity index (χ3v) is 3.70. The highest BCUT2D eigenvalue weighted by Gasteiger charge is 2.22. The van der Waals surface area contributed by atoms with Crippen LogP contribution >= 0.6 is 0 Å². The molecule has 2 aromatic heterocycles. The number of fused-ring (bicyclic) bond motifs is 1. The van der Waals surface area contributed by atoms with E-state index in [2.05, 4.69) is 17.2 Å². The molecular formula is C15H19N3O. The van der Waals surface area contributed by atoms with Crippen molar-refractivity contribution in [2.75, 3.05) is 6.54 Å². The zero-order chi connectivity index (χ0) is 13.2. The van der Waals surface area contributed by atoms with Crippen LogP contribution in [0.3, 0.4) is 0 Å². The van der Waals surface area contributed by atoms with Crippen LogP contribution in [0.2, 0.25) is 0 Å². The van der Waals surface area contributed by atoms with Gasteiger partial charge in [-0.3, -0.25) is 0 Å². The molecule has 3 rings (SSSR count). The first-order valence-corrected chi connectivity index (χ1v) is 6.93. The Morgan fingerprint density at radius 2 is 2.37 bits per heavy atom. The van der Waals surface area contributed by atoms with Gasteiger partial charge in [0, 0.05) is 23.5 Å². The summed E-state index contributed by atoms with van der Waals surface area (Å²) in [6, 6.07) is 2.35. The van der Waals surface area contributed by atoms with Gasteiger partial charge in [0.1, 0.15) is 0 Å². The third-order valence-electron chi connectivity index (χ3n) is 3.70. The fourth-order valence-electron chi connectivity index (χ4n) is 2.72. The van der Waals surface area contributed by atoms with Crippen molar-refractivity contribution < 1.29 is 4.42 Å². The van der Waals surface area contributed by atoms with E-state index in [0.29, 0.717) is 11.9 Å². The first-order valence-electron chi connectivity index (χ1n) is 6.93. The molecule has 0 aliphatic heterocycles. The minimum atomic E-state index is 0.403. The highest BCUT2D eigenvalue weighted by atomic mass is 16.3. The molecule has 0 radical (unpaired) electrons. The third kappa shape index (κ3) is 2.28. The molecule has 1 N–H and O–H groups in total. The lowest BCUT2D eigenvalue weighted by molar-refractivity contribution is 0.463. The smallest absolute Gasteiger partial charge is 0.196 e. The predicted octanol–water partition coefficient (Wildman–Crippen LogP) is 3.03. The summed E-state index contributed by atoms with van der Waals surface area (Å²) >= 11 is 0. The first-order chi connectivity index (χ1) is 9.29. The van der Waals surface area contributed by atoms with E-state index in [-0.39, 0.29) is 0 Å². The molecule has 1 aliphatic rings. The van der Waals surface area contributed by atoms with Gasteiger partial charge >= 0.3 is 0 Å². The van der Waals surface area contributed by atoms with E-state index in [9.17, 15) is 0 Å². The second-order valence-electron chi connectivity index (χ2n) is 5.03. The van der Waals surface area contributed by atoms with Gasteiger partial charge in [-0.05, 0) is 44.4 Å². The van der Waals surface area contributed by atoms with Crippen molar-refractivity contribution in [3.63, 3.8) is 0 Å². The van der Waals surface area contributed by atoms with Gasteiger partial charge in [0.15, 0.2) is 11.6 Å². The Labute approximate surface area is 113 Å². The molecule has 4 heteroatoms. The number of rotatable bonds is 3. The topological polar surface area (TPSA) is 51.0 Å². The van der Waals surface area contributed by atoms with Crippen molar-refractivity contribution in [3.05, 3.63) is 35.3 Å². The number of nitrogens with one attached hydrogen (secondary N) is 1. The van der Waals surface area contributed by atoms with Crippen LogP contribution in [0.15, 0.2) is 22.9 Å². The zero-order valence-corrected chi connectivity index (χ0v) is 11.4. The molecular weight excluding hydrogens is 238 g/mol. The van der Waals surface area contributed by atoms with Crippen LogP contribution in [0, 0.1) is 6.92 Å². The molecule has 0 saturated heterocycles. The highest BCUT2D eigenvalue weighted by molar-refractivity contribution is 5.52. The van der Waals surface area contributed by atoms with E-state index in [1.54, 1.807) is 6.26 Å². The number of aromatic nitrogens is 2. The van der Waals surface area contributed by atoms with Gasteiger partial charge in [0.25, 0.3) is 0 Å². The van der Waals surface area contributed by atoms with Gasteiger partial charge in [-0.1, -0.05) is 6.92 Å². The molecule has 0 aromatic carbocycles. The van der Waals surface area contributed by atoms with Gasteiger partial charge in [-0.25, -0.2) is 9.97 Å². The van der Waals surface area contributed by atoms with Crippen LogP contribution in [0.4, 0.5) is 0 Å². The molecule has 0 amide bonds. The second kappa shape index (κ2) is 5.13. The van der Waals surface area contributed by atoms with Gasteiger partial charge in [0.05, 0.1) is 6.26 Å². The molecule has 0 saturated carbocycles. The molecule has 2 aromatic rings. The molecule has 19 heavy (non-hydrogen) atoms. The van der Waals surface area contributed by atoms with Crippen molar-refractivity contribution in [2.45, 2.75) is 39.2 Å². The van der Waals surface area contributed by atoms with Crippen molar-refractivity contribution in [1.82, 2.24) is 15.3 Å². The van der Waals surface area contributed by atoms with Gasteiger partial charge in [-0.15, -0.1) is 0 Å². The van der Waals surface area contributed by atoms with E-state index < -0.39 is 0 Å². The van der Waals surface area contributed by atoms with Crippen molar-refractivity contribution in [2.24, 2.45) is 0 Å². The fraction of sp³-hybridized carbons (Fsp3) is 0.467. The molecule has 1 aliphatic carbocycles. The molecule has 4 nitrogen and oxygen atoms in total. The van der Waals surface area contributed by atoms with Gasteiger partial charge < -0.3 is 9.73 Å². The Kier molecular flexibility index (Phi) is 3.34. The molecule has 100 valence electrons. The second-order valence-corrected chi connectivity index (χ2v) is 5.03. The number of hydrogen-bond donors (Lipinski definition) is 1. The first kappa shape index (κ1) is 12.4. The van der Waals surface area contributed by atoms with Crippen LogP contribution in [0.5, 0.6) is 0 Å². The molecule has 0 fully saturated rings. The van der Waals surface area contributed by atoms with E-state index in [0.717, 1.165) is 30.0 Å². The number of nitrogens with zero attached hydrogens (tertiary/aromatic N) is 2. The largest absolute Gasteiger partial charge is 0.461 e. The average Bonchev–Trinajstić information content (AvgIpc) is 2.85. The van der Waals surface area contributed by atoms with Crippen molar-refractivity contribution in [3.8, 4) is 11.6 Å². The quantitative estimate of drug-likeness (QED) is 0.918.